The number of guanidine groups is 1. The number of hydrogen-bond donors (Lipinski definition) is 2. The molecule has 2 aliphatic rings. The lowest BCUT2D eigenvalue weighted by molar-refractivity contribution is 0.0652. The molecule has 6 nitrogen and oxygen atoms in total. The van der Waals surface area contributed by atoms with Crippen LogP contribution in [0, 0.1) is 5.92 Å². The molecule has 1 aromatic carbocycles. The zero-order valence-corrected chi connectivity index (χ0v) is 14.0. The van der Waals surface area contributed by atoms with Crippen molar-refractivity contribution in [1.29, 1.82) is 0 Å². The fourth-order valence-corrected chi connectivity index (χ4v) is 2.83. The number of benzene rings is 1. The summed E-state index contributed by atoms with van der Waals surface area (Å²) in [5.74, 6) is 1.27. The molecule has 1 aliphatic heterocycles. The summed E-state index contributed by atoms with van der Waals surface area (Å²) in [6.45, 7) is 2.21. The molecule has 0 radical (unpaired) electrons. The highest BCUT2D eigenvalue weighted by molar-refractivity contribution is 6.21. The van der Waals surface area contributed by atoms with E-state index in [2.05, 4.69) is 15.6 Å². The highest BCUT2D eigenvalue weighted by Crippen LogP contribution is 2.27. The van der Waals surface area contributed by atoms with Crippen molar-refractivity contribution in [2.45, 2.75) is 25.7 Å². The van der Waals surface area contributed by atoms with Gasteiger partial charge in [-0.2, -0.15) is 0 Å². The van der Waals surface area contributed by atoms with Crippen molar-refractivity contribution in [2.75, 3.05) is 26.7 Å². The average molecular weight is 328 g/mol. The van der Waals surface area contributed by atoms with Crippen LogP contribution in [-0.4, -0.2) is 49.4 Å². The normalized spacial score (nSPS) is 17.2. The van der Waals surface area contributed by atoms with Gasteiger partial charge in [0.1, 0.15) is 0 Å². The minimum Gasteiger partial charge on any atom is -0.356 e. The number of aliphatic imine (C=N–C) groups is 1. The molecule has 0 spiro atoms. The first kappa shape index (κ1) is 16.5. The van der Waals surface area contributed by atoms with E-state index in [-0.39, 0.29) is 11.8 Å². The Bertz CT molecular complexity index is 617. The first-order chi connectivity index (χ1) is 11.7. The maximum Gasteiger partial charge on any atom is 0.261 e. The van der Waals surface area contributed by atoms with Gasteiger partial charge in [0.2, 0.25) is 0 Å². The third-order valence-electron chi connectivity index (χ3n) is 4.46. The Morgan fingerprint density at radius 2 is 1.79 bits per heavy atom. The lowest BCUT2D eigenvalue weighted by Crippen LogP contribution is -2.39. The van der Waals surface area contributed by atoms with Gasteiger partial charge in [-0.25, -0.2) is 0 Å². The van der Waals surface area contributed by atoms with E-state index in [4.69, 9.17) is 0 Å². The molecule has 1 aliphatic carbocycles. The van der Waals surface area contributed by atoms with E-state index < -0.39 is 0 Å². The monoisotopic (exact) mass is 328 g/mol. The molecule has 2 amide bonds. The summed E-state index contributed by atoms with van der Waals surface area (Å²) < 4.78 is 0. The van der Waals surface area contributed by atoms with Gasteiger partial charge in [0, 0.05) is 26.7 Å². The van der Waals surface area contributed by atoms with Crippen molar-refractivity contribution >= 4 is 17.8 Å². The number of nitrogens with zero attached hydrogens (tertiary/aromatic N) is 2. The Balaban J connectivity index is 1.38. The highest BCUT2D eigenvalue weighted by atomic mass is 16.2. The number of carbonyl (C=O) groups is 2. The predicted molar refractivity (Wildman–Crippen MR) is 93.1 cm³/mol. The Kier molecular flexibility index (Phi) is 5.13. The third-order valence-corrected chi connectivity index (χ3v) is 4.46. The minimum atomic E-state index is -0.175. The van der Waals surface area contributed by atoms with E-state index in [0.29, 0.717) is 17.7 Å². The van der Waals surface area contributed by atoms with Crippen LogP contribution >= 0.6 is 0 Å². The maximum absolute atomic E-state index is 12.2. The van der Waals surface area contributed by atoms with Gasteiger partial charge in [-0.15, -0.1) is 0 Å². The summed E-state index contributed by atoms with van der Waals surface area (Å²) in [7, 11) is 1.76. The number of carbonyl (C=O) groups excluding carboxylic acids is 2. The van der Waals surface area contributed by atoms with Crippen LogP contribution in [0.4, 0.5) is 0 Å². The van der Waals surface area contributed by atoms with Gasteiger partial charge in [0.25, 0.3) is 11.8 Å². The summed E-state index contributed by atoms with van der Waals surface area (Å²) in [5, 5.41) is 6.58. The van der Waals surface area contributed by atoms with Crippen molar-refractivity contribution in [3.8, 4) is 0 Å². The van der Waals surface area contributed by atoms with Crippen LogP contribution in [0.1, 0.15) is 46.4 Å². The fourth-order valence-electron chi connectivity index (χ4n) is 2.83. The van der Waals surface area contributed by atoms with Crippen LogP contribution in [0.2, 0.25) is 0 Å². The Labute approximate surface area is 142 Å². The topological polar surface area (TPSA) is 73.8 Å². The van der Waals surface area contributed by atoms with Gasteiger partial charge < -0.3 is 10.6 Å². The van der Waals surface area contributed by atoms with Crippen molar-refractivity contribution in [2.24, 2.45) is 10.9 Å². The molecule has 1 aromatic rings. The van der Waals surface area contributed by atoms with E-state index in [0.717, 1.165) is 37.8 Å². The number of unbranched alkanes of at least 4 members (excludes halogenated alkanes) is 1. The van der Waals surface area contributed by atoms with Crippen LogP contribution < -0.4 is 10.6 Å². The van der Waals surface area contributed by atoms with Gasteiger partial charge in [0.15, 0.2) is 5.96 Å². The lowest BCUT2D eigenvalue weighted by atomic mass is 10.1. The second-order valence-electron chi connectivity index (χ2n) is 6.34. The molecule has 0 unspecified atom stereocenters. The number of rotatable bonds is 7. The zero-order chi connectivity index (χ0) is 16.9. The summed E-state index contributed by atoms with van der Waals surface area (Å²) >= 11 is 0. The van der Waals surface area contributed by atoms with Gasteiger partial charge in [0.05, 0.1) is 11.1 Å². The minimum absolute atomic E-state index is 0.175. The van der Waals surface area contributed by atoms with Crippen molar-refractivity contribution < 1.29 is 9.59 Å². The largest absolute Gasteiger partial charge is 0.356 e. The molecule has 0 bridgehead atoms. The van der Waals surface area contributed by atoms with Crippen LogP contribution in [0.3, 0.4) is 0 Å². The molecule has 2 N–H and O–H groups in total. The second kappa shape index (κ2) is 7.47. The van der Waals surface area contributed by atoms with Crippen LogP contribution in [0.25, 0.3) is 0 Å². The molecule has 1 saturated carbocycles. The number of imide groups is 1. The van der Waals surface area contributed by atoms with E-state index in [9.17, 15) is 9.59 Å². The van der Waals surface area contributed by atoms with E-state index in [1.54, 1.807) is 31.3 Å². The number of amides is 2. The molecule has 24 heavy (non-hydrogen) atoms. The molecule has 128 valence electrons. The zero-order valence-electron chi connectivity index (χ0n) is 14.0. The molecule has 6 heteroatoms. The summed E-state index contributed by atoms with van der Waals surface area (Å²) in [6, 6.07) is 7.01. The van der Waals surface area contributed by atoms with Gasteiger partial charge in [-0.05, 0) is 43.7 Å². The van der Waals surface area contributed by atoms with Gasteiger partial charge in [-0.1, -0.05) is 12.1 Å². The Hall–Kier alpha value is -2.37. The number of nitrogens with one attached hydrogen (secondary N) is 2. The fraction of sp³-hybridized carbons (Fsp3) is 0.500. The van der Waals surface area contributed by atoms with E-state index in [1.165, 1.54) is 17.7 Å². The Morgan fingerprint density at radius 3 is 2.38 bits per heavy atom. The quantitative estimate of drug-likeness (QED) is 0.345. The molecule has 0 aromatic heterocycles. The number of fused-ring (bicyclic) bond motifs is 1. The SMILES string of the molecule is CN=C(NCCCCN1C(=O)c2ccccc2C1=O)NCC1CC1. The predicted octanol–water partition coefficient (Wildman–Crippen LogP) is 1.64. The van der Waals surface area contributed by atoms with Crippen LogP contribution in [0.15, 0.2) is 29.3 Å². The van der Waals surface area contributed by atoms with Crippen LogP contribution in [-0.2, 0) is 0 Å². The second-order valence-corrected chi connectivity index (χ2v) is 6.34. The van der Waals surface area contributed by atoms with Crippen molar-refractivity contribution in [3.63, 3.8) is 0 Å². The highest BCUT2D eigenvalue weighted by Gasteiger charge is 2.34. The van der Waals surface area contributed by atoms with E-state index in [1.807, 2.05) is 0 Å². The average Bonchev–Trinajstić information content (AvgIpc) is 3.40. The first-order valence-electron chi connectivity index (χ1n) is 8.60. The molecule has 0 saturated heterocycles. The van der Waals surface area contributed by atoms with Gasteiger partial charge in [-0.3, -0.25) is 19.5 Å². The lowest BCUT2D eigenvalue weighted by Gasteiger charge is -2.14. The summed E-state index contributed by atoms with van der Waals surface area (Å²) in [6.07, 6.45) is 4.27. The summed E-state index contributed by atoms with van der Waals surface area (Å²) in [4.78, 5) is 30.0. The third kappa shape index (κ3) is 3.75. The molecular weight excluding hydrogens is 304 g/mol. The number of hydrogen-bond acceptors (Lipinski definition) is 3. The van der Waals surface area contributed by atoms with Crippen molar-refractivity contribution in [3.05, 3.63) is 35.4 Å². The van der Waals surface area contributed by atoms with E-state index >= 15 is 0 Å². The Morgan fingerprint density at radius 1 is 1.12 bits per heavy atom. The maximum atomic E-state index is 12.2. The first-order valence-corrected chi connectivity index (χ1v) is 8.60. The smallest absolute Gasteiger partial charge is 0.261 e. The van der Waals surface area contributed by atoms with Crippen molar-refractivity contribution in [1.82, 2.24) is 15.5 Å². The van der Waals surface area contributed by atoms with Gasteiger partial charge >= 0.3 is 0 Å². The van der Waals surface area contributed by atoms with Crippen LogP contribution in [0.5, 0.6) is 0 Å². The molecular formula is C18H24N4O2. The molecule has 1 heterocycles. The molecule has 3 rings (SSSR count). The molecule has 1 fully saturated rings. The molecule has 0 atom stereocenters. The standard InChI is InChI=1S/C18H24N4O2/c1-19-18(21-12-13-8-9-13)20-10-4-5-11-22-16(23)14-6-2-3-7-15(14)17(22)24/h2-3,6-7,13H,4-5,8-12H2,1H3,(H2,19,20,21). The summed E-state index contributed by atoms with van der Waals surface area (Å²) in [5.41, 5.74) is 1.04.